The average Bonchev–Trinajstić information content (AvgIpc) is 2.72. The number of carbonyl (C=O) groups is 1. The minimum Gasteiger partial charge on any atom is -0.484 e. The first-order valence-electron chi connectivity index (χ1n) is 8.81. The van der Waals surface area contributed by atoms with Gasteiger partial charge in [-0.15, -0.1) is 0 Å². The van der Waals surface area contributed by atoms with E-state index in [4.69, 9.17) is 16.3 Å². The molecule has 28 heavy (non-hydrogen) atoms. The van der Waals surface area contributed by atoms with E-state index in [-0.39, 0.29) is 12.5 Å². The Kier molecular flexibility index (Phi) is 5.22. The van der Waals surface area contributed by atoms with Crippen LogP contribution in [0.1, 0.15) is 5.56 Å². The molecule has 0 unspecified atom stereocenters. The quantitative estimate of drug-likeness (QED) is 0.291. The van der Waals surface area contributed by atoms with Crippen molar-refractivity contribution in [3.8, 4) is 5.75 Å². The lowest BCUT2D eigenvalue weighted by Crippen LogP contribution is -2.24. The number of nitrogens with one attached hydrogen (secondary N) is 1. The zero-order chi connectivity index (χ0) is 19.3. The summed E-state index contributed by atoms with van der Waals surface area (Å²) in [4.78, 5) is 12.0. The zero-order valence-electron chi connectivity index (χ0n) is 14.9. The minimum atomic E-state index is -0.347. The van der Waals surface area contributed by atoms with E-state index in [9.17, 15) is 4.79 Å². The molecule has 0 radical (unpaired) electrons. The zero-order valence-corrected chi connectivity index (χ0v) is 15.7. The minimum absolute atomic E-state index is 0.145. The Morgan fingerprint density at radius 2 is 1.61 bits per heavy atom. The van der Waals surface area contributed by atoms with Gasteiger partial charge < -0.3 is 4.74 Å². The lowest BCUT2D eigenvalue weighted by molar-refractivity contribution is -0.123. The Hall–Kier alpha value is -3.37. The van der Waals surface area contributed by atoms with Crippen molar-refractivity contribution in [1.82, 2.24) is 5.43 Å². The number of benzene rings is 4. The molecule has 0 saturated carbocycles. The molecule has 0 spiro atoms. The van der Waals surface area contributed by atoms with Crippen molar-refractivity contribution in [2.24, 2.45) is 5.10 Å². The average molecular weight is 389 g/mol. The van der Waals surface area contributed by atoms with Gasteiger partial charge in [0.15, 0.2) is 6.61 Å². The highest BCUT2D eigenvalue weighted by atomic mass is 35.5. The third-order valence-electron chi connectivity index (χ3n) is 4.36. The van der Waals surface area contributed by atoms with Gasteiger partial charge in [0.1, 0.15) is 5.75 Å². The van der Waals surface area contributed by atoms with Gasteiger partial charge in [0.2, 0.25) is 0 Å². The van der Waals surface area contributed by atoms with Crippen molar-refractivity contribution in [1.29, 1.82) is 0 Å². The van der Waals surface area contributed by atoms with Gasteiger partial charge >= 0.3 is 0 Å². The highest BCUT2D eigenvalue weighted by molar-refractivity contribution is 6.30. The van der Waals surface area contributed by atoms with Gasteiger partial charge in [-0.25, -0.2) is 5.43 Å². The summed E-state index contributed by atoms with van der Waals surface area (Å²) in [5, 5.41) is 9.10. The molecule has 0 aromatic heterocycles. The summed E-state index contributed by atoms with van der Waals surface area (Å²) in [7, 11) is 0. The predicted molar refractivity (Wildman–Crippen MR) is 114 cm³/mol. The summed E-state index contributed by atoms with van der Waals surface area (Å²) in [6.45, 7) is -0.145. The van der Waals surface area contributed by atoms with Gasteiger partial charge in [-0.1, -0.05) is 66.2 Å². The number of fused-ring (bicyclic) bond motifs is 2. The summed E-state index contributed by atoms with van der Waals surface area (Å²) in [5.74, 6) is 0.187. The van der Waals surface area contributed by atoms with E-state index >= 15 is 0 Å². The highest BCUT2D eigenvalue weighted by Gasteiger charge is 2.06. The first kappa shape index (κ1) is 18.0. The van der Waals surface area contributed by atoms with Crippen LogP contribution in [0.3, 0.4) is 0 Å². The van der Waals surface area contributed by atoms with E-state index in [2.05, 4.69) is 28.7 Å². The third-order valence-corrected chi connectivity index (χ3v) is 4.60. The maximum Gasteiger partial charge on any atom is 0.277 e. The summed E-state index contributed by atoms with van der Waals surface area (Å²) < 4.78 is 5.42. The molecule has 0 aliphatic carbocycles. The second kappa shape index (κ2) is 8.11. The first-order chi connectivity index (χ1) is 13.7. The molecule has 0 saturated heterocycles. The normalized spacial score (nSPS) is 11.2. The number of amides is 1. The third kappa shape index (κ3) is 3.97. The number of nitrogens with zero attached hydrogens (tertiary/aromatic N) is 1. The second-order valence-corrected chi connectivity index (χ2v) is 6.71. The van der Waals surface area contributed by atoms with Gasteiger partial charge in [0, 0.05) is 10.6 Å². The topological polar surface area (TPSA) is 50.7 Å². The number of hydrogen-bond donors (Lipinski definition) is 1. The molecule has 0 aliphatic rings. The first-order valence-corrected chi connectivity index (χ1v) is 9.19. The molecule has 0 aliphatic heterocycles. The van der Waals surface area contributed by atoms with Crippen molar-refractivity contribution in [2.45, 2.75) is 0 Å². The Balaban J connectivity index is 1.52. The van der Waals surface area contributed by atoms with Gasteiger partial charge in [-0.2, -0.15) is 5.10 Å². The molecule has 4 rings (SSSR count). The molecule has 1 amide bonds. The molecule has 5 heteroatoms. The second-order valence-electron chi connectivity index (χ2n) is 6.27. The van der Waals surface area contributed by atoms with Gasteiger partial charge in [-0.3, -0.25) is 4.79 Å². The number of hydrazone groups is 1. The van der Waals surface area contributed by atoms with E-state index in [0.717, 1.165) is 27.1 Å². The van der Waals surface area contributed by atoms with E-state index in [1.807, 2.05) is 36.4 Å². The summed E-state index contributed by atoms with van der Waals surface area (Å²) in [6, 6.07) is 25.3. The van der Waals surface area contributed by atoms with Crippen LogP contribution < -0.4 is 10.2 Å². The van der Waals surface area contributed by atoms with Crippen LogP contribution in [-0.2, 0) is 4.79 Å². The molecular formula is C23H17ClN2O2. The summed E-state index contributed by atoms with van der Waals surface area (Å²) in [5.41, 5.74) is 3.48. The largest absolute Gasteiger partial charge is 0.484 e. The van der Waals surface area contributed by atoms with Gasteiger partial charge in [-0.05, 0) is 45.8 Å². The van der Waals surface area contributed by atoms with Crippen molar-refractivity contribution >= 4 is 45.3 Å². The summed E-state index contributed by atoms with van der Waals surface area (Å²) >= 11 is 5.90. The lowest BCUT2D eigenvalue weighted by atomic mass is 9.97. The van der Waals surface area contributed by atoms with Gasteiger partial charge in [0.25, 0.3) is 5.91 Å². The van der Waals surface area contributed by atoms with Crippen LogP contribution in [-0.4, -0.2) is 18.7 Å². The fourth-order valence-corrected chi connectivity index (χ4v) is 3.28. The molecule has 0 heterocycles. The molecule has 138 valence electrons. The van der Waals surface area contributed by atoms with Crippen molar-refractivity contribution in [3.63, 3.8) is 0 Å². The van der Waals surface area contributed by atoms with Crippen LogP contribution >= 0.6 is 11.6 Å². The molecule has 0 bridgehead atoms. The molecule has 4 nitrogen and oxygen atoms in total. The van der Waals surface area contributed by atoms with E-state index < -0.39 is 0 Å². The van der Waals surface area contributed by atoms with Crippen molar-refractivity contribution in [3.05, 3.63) is 89.4 Å². The van der Waals surface area contributed by atoms with Crippen LogP contribution in [0.15, 0.2) is 84.0 Å². The van der Waals surface area contributed by atoms with E-state index in [1.165, 1.54) is 0 Å². The van der Waals surface area contributed by atoms with Crippen LogP contribution in [0.25, 0.3) is 21.5 Å². The molecule has 4 aromatic rings. The Bertz CT molecular complexity index is 1130. The van der Waals surface area contributed by atoms with E-state index in [1.54, 1.807) is 30.5 Å². The SMILES string of the molecule is O=C(COc1cccc(Cl)c1)NN=Cc1c2ccccc2cc2ccccc12. The summed E-state index contributed by atoms with van der Waals surface area (Å²) in [6.07, 6.45) is 1.68. The Morgan fingerprint density at radius 1 is 0.929 bits per heavy atom. The number of hydrogen-bond acceptors (Lipinski definition) is 3. The fourth-order valence-electron chi connectivity index (χ4n) is 3.09. The molecule has 0 fully saturated rings. The molecule has 1 N–H and O–H groups in total. The number of carbonyl (C=O) groups excluding carboxylic acids is 1. The predicted octanol–water partition coefficient (Wildman–Crippen LogP) is 5.18. The molecular weight excluding hydrogens is 372 g/mol. The molecule has 0 atom stereocenters. The van der Waals surface area contributed by atoms with Crippen molar-refractivity contribution < 1.29 is 9.53 Å². The Labute approximate surface area is 167 Å². The Morgan fingerprint density at radius 3 is 2.29 bits per heavy atom. The maximum atomic E-state index is 12.0. The number of ether oxygens (including phenoxy) is 1. The maximum absolute atomic E-state index is 12.0. The van der Waals surface area contributed by atoms with Crippen molar-refractivity contribution in [2.75, 3.05) is 6.61 Å². The van der Waals surface area contributed by atoms with Gasteiger partial charge in [0.05, 0.1) is 6.21 Å². The van der Waals surface area contributed by atoms with Crippen LogP contribution in [0.4, 0.5) is 0 Å². The highest BCUT2D eigenvalue weighted by Crippen LogP contribution is 2.27. The monoisotopic (exact) mass is 388 g/mol. The van der Waals surface area contributed by atoms with Crippen LogP contribution in [0, 0.1) is 0 Å². The number of halogens is 1. The fraction of sp³-hybridized carbons (Fsp3) is 0.0435. The van der Waals surface area contributed by atoms with E-state index in [0.29, 0.717) is 10.8 Å². The lowest BCUT2D eigenvalue weighted by Gasteiger charge is -2.08. The standard InChI is InChI=1S/C23H17ClN2O2/c24-18-8-5-9-19(13-18)28-15-23(27)26-25-14-22-20-10-3-1-6-16(20)12-17-7-2-4-11-21(17)22/h1-14H,15H2,(H,26,27). The number of rotatable bonds is 5. The smallest absolute Gasteiger partial charge is 0.277 e. The molecule has 4 aromatic carbocycles. The van der Waals surface area contributed by atoms with Crippen LogP contribution in [0.2, 0.25) is 5.02 Å². The van der Waals surface area contributed by atoms with Crippen LogP contribution in [0.5, 0.6) is 5.75 Å².